The molecule has 2 rings (SSSR count). The highest BCUT2D eigenvalue weighted by atomic mass is 35.5. The van der Waals surface area contributed by atoms with Crippen LogP contribution in [0.3, 0.4) is 0 Å². The maximum absolute atomic E-state index is 11.8. The molecule has 0 radical (unpaired) electrons. The van der Waals surface area contributed by atoms with Crippen molar-refractivity contribution in [3.8, 4) is 0 Å². The first kappa shape index (κ1) is 19.4. The van der Waals surface area contributed by atoms with Crippen LogP contribution in [0, 0.1) is 0 Å². The average Bonchev–Trinajstić information content (AvgIpc) is 2.86. The van der Waals surface area contributed by atoms with Crippen molar-refractivity contribution in [3.63, 3.8) is 0 Å². The van der Waals surface area contributed by atoms with E-state index in [4.69, 9.17) is 23.2 Å². The van der Waals surface area contributed by atoms with E-state index in [0.717, 1.165) is 0 Å². The van der Waals surface area contributed by atoms with Gasteiger partial charge in [-0.3, -0.25) is 9.59 Å². The molecule has 0 aliphatic carbocycles. The fourth-order valence-corrected chi connectivity index (χ4v) is 5.91. The summed E-state index contributed by atoms with van der Waals surface area (Å²) in [6.07, 6.45) is 0.564. The Kier molecular flexibility index (Phi) is 6.79. The van der Waals surface area contributed by atoms with E-state index in [1.54, 1.807) is 12.1 Å². The summed E-state index contributed by atoms with van der Waals surface area (Å²) >= 11 is 13.1. The Hall–Kier alpha value is -0.960. The number of sulfone groups is 1. The Bertz CT molecular complexity index is 740. The Morgan fingerprint density at radius 3 is 2.67 bits per heavy atom. The molecule has 24 heavy (non-hydrogen) atoms. The van der Waals surface area contributed by atoms with E-state index in [1.807, 2.05) is 0 Å². The summed E-state index contributed by atoms with van der Waals surface area (Å²) in [6.45, 7) is -0.203. The standard InChI is InChI=1S/C14H16Cl2N2O4S2/c15-9-1-2-11(16)12(5-9)18-13(19)6-17-14(20)7-23-10-3-4-24(21,22)8-10/h1-2,5,10H,3-4,6-8H2,(H,17,20)(H,18,19)/t10-/m1/s1. The van der Waals surface area contributed by atoms with Gasteiger partial charge in [-0.15, -0.1) is 11.8 Å². The highest BCUT2D eigenvalue weighted by Gasteiger charge is 2.28. The molecule has 1 heterocycles. The zero-order valence-electron chi connectivity index (χ0n) is 12.6. The highest BCUT2D eigenvalue weighted by molar-refractivity contribution is 8.02. The minimum atomic E-state index is -2.95. The Morgan fingerprint density at radius 2 is 2.00 bits per heavy atom. The number of thioether (sulfide) groups is 1. The van der Waals surface area contributed by atoms with Crippen molar-refractivity contribution >= 4 is 62.3 Å². The zero-order chi connectivity index (χ0) is 17.7. The van der Waals surface area contributed by atoms with Crippen molar-refractivity contribution in [1.82, 2.24) is 5.32 Å². The van der Waals surface area contributed by atoms with E-state index in [9.17, 15) is 18.0 Å². The number of hydrogen-bond acceptors (Lipinski definition) is 5. The third kappa shape index (κ3) is 6.16. The number of amides is 2. The van der Waals surface area contributed by atoms with Crippen LogP contribution in [0.25, 0.3) is 0 Å². The molecule has 0 aromatic heterocycles. The minimum Gasteiger partial charge on any atom is -0.346 e. The molecular formula is C14H16Cl2N2O4S2. The van der Waals surface area contributed by atoms with Crippen LogP contribution in [0.1, 0.15) is 6.42 Å². The van der Waals surface area contributed by atoms with Crippen molar-refractivity contribution in [2.45, 2.75) is 11.7 Å². The van der Waals surface area contributed by atoms with E-state index in [2.05, 4.69) is 10.6 Å². The molecule has 1 aliphatic rings. The third-order valence-electron chi connectivity index (χ3n) is 3.29. The first-order valence-electron chi connectivity index (χ1n) is 7.09. The van der Waals surface area contributed by atoms with Gasteiger partial charge in [0.1, 0.15) is 0 Å². The van der Waals surface area contributed by atoms with Crippen molar-refractivity contribution in [3.05, 3.63) is 28.2 Å². The smallest absolute Gasteiger partial charge is 0.243 e. The summed E-state index contributed by atoms with van der Waals surface area (Å²) < 4.78 is 22.7. The number of benzene rings is 1. The molecule has 1 aromatic carbocycles. The van der Waals surface area contributed by atoms with E-state index in [-0.39, 0.29) is 35.0 Å². The van der Waals surface area contributed by atoms with Gasteiger partial charge in [0, 0.05) is 10.3 Å². The van der Waals surface area contributed by atoms with Gasteiger partial charge < -0.3 is 10.6 Å². The van der Waals surface area contributed by atoms with Gasteiger partial charge in [0.2, 0.25) is 11.8 Å². The molecular weight excluding hydrogens is 395 g/mol. The molecule has 1 aromatic rings. The number of halogens is 2. The first-order chi connectivity index (χ1) is 11.2. The third-order valence-corrected chi connectivity index (χ3v) is 7.14. The lowest BCUT2D eigenvalue weighted by atomic mass is 10.3. The Morgan fingerprint density at radius 1 is 1.25 bits per heavy atom. The van der Waals surface area contributed by atoms with Gasteiger partial charge >= 0.3 is 0 Å². The van der Waals surface area contributed by atoms with E-state index < -0.39 is 15.7 Å². The summed E-state index contributed by atoms with van der Waals surface area (Å²) in [5.41, 5.74) is 0.369. The second-order valence-electron chi connectivity index (χ2n) is 5.29. The van der Waals surface area contributed by atoms with Gasteiger partial charge in [-0.1, -0.05) is 23.2 Å². The summed E-state index contributed by atoms with van der Waals surface area (Å²) in [5.74, 6) is -0.350. The highest BCUT2D eigenvalue weighted by Crippen LogP contribution is 2.25. The molecule has 0 saturated carbocycles. The van der Waals surface area contributed by atoms with Crippen LogP contribution in [0.15, 0.2) is 18.2 Å². The van der Waals surface area contributed by atoms with Crippen LogP contribution in [0.4, 0.5) is 5.69 Å². The Balaban J connectivity index is 1.71. The molecule has 10 heteroatoms. The van der Waals surface area contributed by atoms with Gasteiger partial charge in [-0.05, 0) is 24.6 Å². The Labute approximate surface area is 154 Å². The van der Waals surface area contributed by atoms with Gasteiger partial charge in [-0.2, -0.15) is 0 Å². The first-order valence-corrected chi connectivity index (χ1v) is 10.7. The number of rotatable bonds is 6. The molecule has 1 fully saturated rings. The molecule has 1 aliphatic heterocycles. The van der Waals surface area contributed by atoms with E-state index >= 15 is 0 Å². The number of anilines is 1. The predicted octanol–water partition coefficient (Wildman–Crippen LogP) is 1.97. The van der Waals surface area contributed by atoms with E-state index in [0.29, 0.717) is 22.2 Å². The molecule has 0 bridgehead atoms. The normalized spacial score (nSPS) is 19.0. The molecule has 2 N–H and O–H groups in total. The fourth-order valence-electron chi connectivity index (χ4n) is 2.10. The van der Waals surface area contributed by atoms with Gasteiger partial charge in [0.05, 0.1) is 34.5 Å². The molecule has 1 saturated heterocycles. The second kappa shape index (κ2) is 8.42. The fraction of sp³-hybridized carbons (Fsp3) is 0.429. The monoisotopic (exact) mass is 410 g/mol. The topological polar surface area (TPSA) is 92.3 Å². The zero-order valence-corrected chi connectivity index (χ0v) is 15.7. The van der Waals surface area contributed by atoms with Gasteiger partial charge in [0.25, 0.3) is 0 Å². The van der Waals surface area contributed by atoms with Gasteiger partial charge in [-0.25, -0.2) is 8.42 Å². The SMILES string of the molecule is O=C(CS[C@@H]1CCS(=O)(=O)C1)NCC(=O)Nc1cc(Cl)ccc1Cl. The summed E-state index contributed by atoms with van der Waals surface area (Å²) in [5, 5.41) is 5.76. The van der Waals surface area contributed by atoms with Crippen LogP contribution in [-0.4, -0.2) is 49.3 Å². The summed E-state index contributed by atoms with van der Waals surface area (Å²) in [7, 11) is -2.95. The maximum Gasteiger partial charge on any atom is 0.243 e. The van der Waals surface area contributed by atoms with Crippen LogP contribution in [0.5, 0.6) is 0 Å². The van der Waals surface area contributed by atoms with Crippen molar-refractivity contribution in [2.75, 3.05) is 29.1 Å². The predicted molar refractivity (Wildman–Crippen MR) is 97.6 cm³/mol. The van der Waals surface area contributed by atoms with Crippen molar-refractivity contribution < 1.29 is 18.0 Å². The molecule has 1 atom stereocenters. The largest absolute Gasteiger partial charge is 0.346 e. The maximum atomic E-state index is 11.8. The number of carbonyl (C=O) groups is 2. The van der Waals surface area contributed by atoms with Crippen LogP contribution < -0.4 is 10.6 Å². The van der Waals surface area contributed by atoms with Crippen molar-refractivity contribution in [2.24, 2.45) is 0 Å². The number of nitrogens with one attached hydrogen (secondary N) is 2. The second-order valence-corrected chi connectivity index (χ2v) is 9.65. The van der Waals surface area contributed by atoms with Crippen molar-refractivity contribution in [1.29, 1.82) is 0 Å². The van der Waals surface area contributed by atoms with Crippen LogP contribution in [0.2, 0.25) is 10.0 Å². The lowest BCUT2D eigenvalue weighted by Crippen LogP contribution is -2.34. The molecule has 0 spiro atoms. The lowest BCUT2D eigenvalue weighted by molar-refractivity contribution is -0.122. The van der Waals surface area contributed by atoms with Crippen LogP contribution in [-0.2, 0) is 19.4 Å². The molecule has 0 unspecified atom stereocenters. The quantitative estimate of drug-likeness (QED) is 0.747. The van der Waals surface area contributed by atoms with E-state index in [1.165, 1.54) is 17.8 Å². The lowest BCUT2D eigenvalue weighted by Gasteiger charge is -2.10. The average molecular weight is 411 g/mol. The summed E-state index contributed by atoms with van der Waals surface area (Å²) in [4.78, 5) is 23.5. The number of carbonyl (C=O) groups excluding carboxylic acids is 2. The summed E-state index contributed by atoms with van der Waals surface area (Å²) in [6, 6.07) is 4.67. The molecule has 2 amide bonds. The number of hydrogen-bond donors (Lipinski definition) is 2. The van der Waals surface area contributed by atoms with Gasteiger partial charge in [0.15, 0.2) is 9.84 Å². The van der Waals surface area contributed by atoms with Crippen LogP contribution >= 0.6 is 35.0 Å². The minimum absolute atomic E-state index is 0.0557. The molecule has 132 valence electrons. The molecule has 6 nitrogen and oxygen atoms in total.